The molecule has 1 aliphatic carbocycles. The maximum Gasteiger partial charge on any atom is 0.0417 e. The van der Waals surface area contributed by atoms with Crippen LogP contribution in [0.1, 0.15) is 33.9 Å². The second-order valence-corrected chi connectivity index (χ2v) is 4.18. The lowest BCUT2D eigenvalue weighted by Gasteiger charge is -2.33. The monoisotopic (exact) mass is 195 g/mol. The number of rotatable bonds is 1. The van der Waals surface area contributed by atoms with Gasteiger partial charge in [-0.05, 0) is 36.1 Å². The normalized spacial score (nSPS) is 17.3. The van der Waals surface area contributed by atoms with Crippen LogP contribution in [0.2, 0.25) is 0 Å². The fourth-order valence-electron chi connectivity index (χ4n) is 2.55. The minimum absolute atomic E-state index is 0.490. The van der Waals surface area contributed by atoms with E-state index < -0.39 is 0 Å². The third kappa shape index (κ3) is 1.06. The first kappa shape index (κ1) is 8.66. The number of benzene rings is 1. The molecule has 4 rings (SSSR count). The second-order valence-electron chi connectivity index (χ2n) is 4.18. The van der Waals surface area contributed by atoms with E-state index in [1.807, 2.05) is 6.20 Å². The largest absolute Gasteiger partial charge is 0.261 e. The van der Waals surface area contributed by atoms with Crippen LogP contribution >= 0.6 is 0 Å². The van der Waals surface area contributed by atoms with Crippen LogP contribution in [0.3, 0.4) is 0 Å². The minimum atomic E-state index is 0.490. The van der Waals surface area contributed by atoms with Crippen LogP contribution in [0.4, 0.5) is 0 Å². The van der Waals surface area contributed by atoms with Crippen molar-refractivity contribution in [3.8, 4) is 0 Å². The Morgan fingerprint density at radius 2 is 1.80 bits per heavy atom. The standard InChI is InChI=1S/C14H13N/c1-9-12-8-15-10(2)13(9)14(12)11-6-4-3-5-7-11/h3-8,14H,1-2H3. The number of hydrogen-bond acceptors (Lipinski definition) is 1. The van der Waals surface area contributed by atoms with Crippen LogP contribution in [0.15, 0.2) is 36.5 Å². The van der Waals surface area contributed by atoms with Gasteiger partial charge in [-0.25, -0.2) is 0 Å². The van der Waals surface area contributed by atoms with E-state index in [9.17, 15) is 0 Å². The summed E-state index contributed by atoms with van der Waals surface area (Å²) in [5.41, 5.74) is 6.81. The van der Waals surface area contributed by atoms with Crippen molar-refractivity contribution in [1.82, 2.24) is 4.98 Å². The lowest BCUT2D eigenvalue weighted by Crippen LogP contribution is -2.20. The van der Waals surface area contributed by atoms with Crippen molar-refractivity contribution < 1.29 is 0 Å². The highest BCUT2D eigenvalue weighted by Gasteiger charge is 2.32. The van der Waals surface area contributed by atoms with Crippen LogP contribution in [-0.4, -0.2) is 4.98 Å². The molecule has 0 saturated heterocycles. The van der Waals surface area contributed by atoms with E-state index in [0.717, 1.165) is 0 Å². The first-order chi connectivity index (χ1) is 7.29. The summed E-state index contributed by atoms with van der Waals surface area (Å²) in [5, 5.41) is 0. The summed E-state index contributed by atoms with van der Waals surface area (Å²) in [4.78, 5) is 4.38. The third-order valence-corrected chi connectivity index (χ3v) is 3.36. The Kier molecular flexibility index (Phi) is 1.69. The Bertz CT molecular complexity index is 508. The SMILES string of the molecule is CC1=NC=C2C(C)=C1C2c1ccccc1. The molecule has 1 aromatic heterocycles. The van der Waals surface area contributed by atoms with E-state index in [2.05, 4.69) is 49.2 Å². The van der Waals surface area contributed by atoms with E-state index >= 15 is 0 Å². The Hall–Kier alpha value is -1.63. The van der Waals surface area contributed by atoms with E-state index in [0.29, 0.717) is 5.92 Å². The van der Waals surface area contributed by atoms with Crippen LogP contribution in [0.25, 0.3) is 0 Å². The number of nitrogens with zero attached hydrogens (tertiary/aromatic N) is 1. The van der Waals surface area contributed by atoms with Gasteiger partial charge in [-0.2, -0.15) is 0 Å². The van der Waals surface area contributed by atoms with Crippen molar-refractivity contribution in [3.63, 3.8) is 0 Å². The van der Waals surface area contributed by atoms with E-state index in [-0.39, 0.29) is 0 Å². The quantitative estimate of drug-likeness (QED) is 0.581. The molecule has 74 valence electrons. The van der Waals surface area contributed by atoms with Crippen LogP contribution in [-0.2, 0) is 0 Å². The zero-order valence-corrected chi connectivity index (χ0v) is 8.99. The smallest absolute Gasteiger partial charge is 0.0417 e. The lowest BCUT2D eigenvalue weighted by molar-refractivity contribution is 0.816. The van der Waals surface area contributed by atoms with Crippen molar-refractivity contribution in [2.75, 3.05) is 0 Å². The molecule has 1 atom stereocenters. The molecule has 1 aliphatic heterocycles. The molecule has 1 nitrogen and oxygen atoms in total. The van der Waals surface area contributed by atoms with Crippen LogP contribution in [0, 0.1) is 13.8 Å². The van der Waals surface area contributed by atoms with Crippen molar-refractivity contribution in [1.29, 1.82) is 0 Å². The van der Waals surface area contributed by atoms with Gasteiger partial charge in [0.1, 0.15) is 0 Å². The Morgan fingerprint density at radius 3 is 2.40 bits per heavy atom. The van der Waals surface area contributed by atoms with Gasteiger partial charge in [0.05, 0.1) is 0 Å². The molecule has 0 amide bonds. The molecule has 1 unspecified atom stereocenters. The summed E-state index contributed by atoms with van der Waals surface area (Å²) in [7, 11) is 0. The zero-order valence-electron chi connectivity index (χ0n) is 8.99. The van der Waals surface area contributed by atoms with Gasteiger partial charge in [0.25, 0.3) is 0 Å². The van der Waals surface area contributed by atoms with Gasteiger partial charge in [-0.15, -0.1) is 0 Å². The molecule has 0 spiro atoms. The van der Waals surface area contributed by atoms with Gasteiger partial charge < -0.3 is 0 Å². The van der Waals surface area contributed by atoms with Crippen molar-refractivity contribution in [2.24, 2.45) is 0 Å². The average Bonchev–Trinajstić information content (AvgIpc) is 2.27. The number of aryl methyl sites for hydroxylation is 2. The molecule has 1 aromatic carbocycles. The summed E-state index contributed by atoms with van der Waals surface area (Å²) in [6.07, 6.45) is 2.02. The van der Waals surface area contributed by atoms with Gasteiger partial charge in [0, 0.05) is 17.8 Å². The highest BCUT2D eigenvalue weighted by molar-refractivity contribution is 5.59. The Labute approximate surface area is 89.8 Å². The average molecular weight is 195 g/mol. The number of fused-ring (bicyclic) bond motifs is 2. The fourth-order valence-corrected chi connectivity index (χ4v) is 2.55. The molecule has 2 aliphatic rings. The molecular weight excluding hydrogens is 182 g/mol. The molecule has 0 N–H and O–H groups in total. The highest BCUT2D eigenvalue weighted by Crippen LogP contribution is 2.45. The summed E-state index contributed by atoms with van der Waals surface area (Å²) < 4.78 is 0. The molecule has 1 heteroatoms. The highest BCUT2D eigenvalue weighted by atomic mass is 14.7. The van der Waals surface area contributed by atoms with E-state index in [4.69, 9.17) is 0 Å². The van der Waals surface area contributed by atoms with Crippen LogP contribution in [0.5, 0.6) is 0 Å². The molecule has 0 saturated carbocycles. The first-order valence-corrected chi connectivity index (χ1v) is 5.30. The summed E-state index contributed by atoms with van der Waals surface area (Å²) in [6, 6.07) is 10.7. The predicted molar refractivity (Wildman–Crippen MR) is 61.1 cm³/mol. The van der Waals surface area contributed by atoms with E-state index in [1.165, 1.54) is 27.9 Å². The van der Waals surface area contributed by atoms with Gasteiger partial charge >= 0.3 is 0 Å². The molecule has 15 heavy (non-hydrogen) atoms. The second kappa shape index (κ2) is 2.93. The molecular formula is C14H13N. The Morgan fingerprint density at radius 1 is 1.07 bits per heavy atom. The summed E-state index contributed by atoms with van der Waals surface area (Å²) in [5.74, 6) is 0.490. The molecule has 0 fully saturated rings. The molecule has 2 heterocycles. The number of pyridine rings is 1. The summed E-state index contributed by atoms with van der Waals surface area (Å²) >= 11 is 0. The maximum absolute atomic E-state index is 4.38. The van der Waals surface area contributed by atoms with E-state index in [1.54, 1.807) is 0 Å². The topological polar surface area (TPSA) is 12.9 Å². The van der Waals surface area contributed by atoms with Gasteiger partial charge in [0.2, 0.25) is 0 Å². The van der Waals surface area contributed by atoms with Crippen molar-refractivity contribution in [2.45, 2.75) is 19.8 Å². The minimum Gasteiger partial charge on any atom is -0.261 e. The Balaban J connectivity index is 2.13. The molecule has 0 radical (unpaired) electrons. The molecule has 2 bridgehead atoms. The van der Waals surface area contributed by atoms with Gasteiger partial charge in [0.15, 0.2) is 0 Å². The van der Waals surface area contributed by atoms with Crippen LogP contribution < -0.4 is 0 Å². The summed E-state index contributed by atoms with van der Waals surface area (Å²) in [6.45, 7) is 4.29. The van der Waals surface area contributed by atoms with Crippen molar-refractivity contribution in [3.05, 3.63) is 64.5 Å². The molecule has 2 aromatic rings. The van der Waals surface area contributed by atoms with Crippen molar-refractivity contribution >= 4 is 0 Å². The first-order valence-electron chi connectivity index (χ1n) is 5.30. The number of hydrogen-bond donors (Lipinski definition) is 0. The number of aromatic nitrogens is 1. The third-order valence-electron chi connectivity index (χ3n) is 3.36. The fraction of sp³-hybridized carbons (Fsp3) is 0.214. The van der Waals surface area contributed by atoms with Gasteiger partial charge in [-0.1, -0.05) is 30.3 Å². The maximum atomic E-state index is 4.38. The lowest BCUT2D eigenvalue weighted by atomic mass is 9.72. The zero-order chi connectivity index (χ0) is 10.4. The van der Waals surface area contributed by atoms with Gasteiger partial charge in [-0.3, -0.25) is 4.98 Å². The predicted octanol–water partition coefficient (Wildman–Crippen LogP) is 3.19.